The minimum atomic E-state index is -0.512. The zero-order chi connectivity index (χ0) is 8.85. The van der Waals surface area contributed by atoms with Crippen molar-refractivity contribution >= 4 is 26.5 Å². The molecule has 0 radical (unpaired) electrons. The largest absolute Gasteiger partial charge is 0.465 e. The zero-order valence-corrected chi connectivity index (χ0v) is 7.72. The number of aliphatic imine (C=N–C) groups is 1. The van der Waals surface area contributed by atoms with E-state index in [1.807, 2.05) is 0 Å². The van der Waals surface area contributed by atoms with Gasteiger partial charge in [-0.15, -0.1) is 0 Å². The highest BCUT2D eigenvalue weighted by atomic mass is 79.9. The van der Waals surface area contributed by atoms with Crippen molar-refractivity contribution in [1.29, 1.82) is 0 Å². The van der Waals surface area contributed by atoms with Crippen LogP contribution in [-0.4, -0.2) is 17.7 Å². The lowest BCUT2D eigenvalue weighted by Gasteiger charge is -1.98. The monoisotopic (exact) mass is 217 g/mol. The molecule has 0 heterocycles. The lowest BCUT2D eigenvalue weighted by atomic mass is 10.3. The molecule has 0 aromatic rings. The number of hydrogen-bond donors (Lipinski definition) is 0. The van der Waals surface area contributed by atoms with Gasteiger partial charge < -0.3 is 4.74 Å². The second-order valence-corrected chi connectivity index (χ2v) is 2.32. The number of ether oxygens (including phenoxy) is 1. The molecule has 0 rings (SSSR count). The number of carbonyl (C=O) groups is 1. The average Bonchev–Trinajstić information content (AvgIpc) is 2.02. The van der Waals surface area contributed by atoms with Crippen LogP contribution in [-0.2, 0) is 9.53 Å². The Morgan fingerprint density at radius 1 is 1.73 bits per heavy atom. The molecule has 0 saturated heterocycles. The highest BCUT2D eigenvalue weighted by Gasteiger charge is 2.09. The van der Waals surface area contributed by atoms with Crippen molar-refractivity contribution in [2.75, 3.05) is 7.11 Å². The Labute approximate surface area is 73.6 Å². The summed E-state index contributed by atoms with van der Waals surface area (Å²) in [6.45, 7) is 6.80. The van der Waals surface area contributed by atoms with Crippen LogP contribution in [0.25, 0.3) is 0 Å². The van der Waals surface area contributed by atoms with Gasteiger partial charge in [0.2, 0.25) is 0 Å². The minimum absolute atomic E-state index is 0.174. The van der Waals surface area contributed by atoms with Gasteiger partial charge in [0.1, 0.15) is 4.62 Å². The Hall–Kier alpha value is -0.900. The number of hydrogen-bond acceptors (Lipinski definition) is 3. The predicted molar refractivity (Wildman–Crippen MR) is 47.7 cm³/mol. The first-order valence-corrected chi connectivity index (χ1v) is 3.54. The number of halogens is 1. The fourth-order valence-corrected chi connectivity index (χ4v) is 0.672. The molecule has 0 spiro atoms. The first kappa shape index (κ1) is 10.1. The smallest absolute Gasteiger partial charge is 0.340 e. The van der Waals surface area contributed by atoms with Crippen molar-refractivity contribution < 1.29 is 9.53 Å². The lowest BCUT2D eigenvalue weighted by Crippen LogP contribution is -2.08. The highest BCUT2D eigenvalue weighted by molar-refractivity contribution is 9.18. The van der Waals surface area contributed by atoms with Crippen LogP contribution in [0.2, 0.25) is 0 Å². The molecule has 60 valence electrons. The molecule has 0 aliphatic rings. The molecule has 0 aromatic heterocycles. The molecule has 0 fully saturated rings. The fourth-order valence-electron chi connectivity index (χ4n) is 0.365. The molecule has 3 nitrogen and oxygen atoms in total. The van der Waals surface area contributed by atoms with Crippen LogP contribution in [0.4, 0.5) is 0 Å². The summed E-state index contributed by atoms with van der Waals surface area (Å²) in [4.78, 5) is 14.5. The quantitative estimate of drug-likeness (QED) is 0.410. The van der Waals surface area contributed by atoms with Crippen molar-refractivity contribution in [2.24, 2.45) is 4.99 Å². The van der Waals surface area contributed by atoms with Gasteiger partial charge in [0.25, 0.3) is 0 Å². The maximum Gasteiger partial charge on any atom is 0.340 e. The second-order valence-electron chi connectivity index (χ2n) is 1.57. The van der Waals surface area contributed by atoms with E-state index >= 15 is 0 Å². The molecule has 0 unspecified atom stereocenters. The van der Waals surface area contributed by atoms with Crippen LogP contribution in [0.3, 0.4) is 0 Å². The third-order valence-corrected chi connectivity index (χ3v) is 1.57. The average molecular weight is 218 g/mol. The van der Waals surface area contributed by atoms with E-state index in [0.29, 0.717) is 4.62 Å². The van der Waals surface area contributed by atoms with Crippen molar-refractivity contribution in [1.82, 2.24) is 0 Å². The van der Waals surface area contributed by atoms with Gasteiger partial charge in [-0.25, -0.2) is 9.79 Å². The molecule has 4 heteroatoms. The predicted octanol–water partition coefficient (Wildman–Crippen LogP) is 1.65. The van der Waals surface area contributed by atoms with Crippen LogP contribution in [0, 0.1) is 0 Å². The minimum Gasteiger partial charge on any atom is -0.465 e. The Balaban J connectivity index is 4.37. The molecule has 0 aliphatic heterocycles. The Morgan fingerprint density at radius 2 is 2.27 bits per heavy atom. The molecule has 11 heavy (non-hydrogen) atoms. The van der Waals surface area contributed by atoms with Crippen molar-refractivity contribution in [3.05, 3.63) is 24.9 Å². The standard InChI is InChI=1S/C7H8BrNO2/c1-4-9-6(8)5(2)7(10)11-3/h4H,1-2H2,3H3. The van der Waals surface area contributed by atoms with Gasteiger partial charge in [-0.1, -0.05) is 13.2 Å². The van der Waals surface area contributed by atoms with Crippen LogP contribution in [0.1, 0.15) is 0 Å². The molecule has 0 atom stereocenters. The number of rotatable bonds is 3. The molecule has 0 bridgehead atoms. The Kier molecular flexibility index (Phi) is 4.45. The fraction of sp³-hybridized carbons (Fsp3) is 0.143. The first-order chi connectivity index (χ1) is 5.13. The number of methoxy groups -OCH3 is 1. The topological polar surface area (TPSA) is 38.7 Å². The van der Waals surface area contributed by atoms with Crippen LogP contribution < -0.4 is 0 Å². The number of esters is 1. The van der Waals surface area contributed by atoms with Gasteiger partial charge in [0, 0.05) is 6.20 Å². The van der Waals surface area contributed by atoms with Crippen molar-refractivity contribution in [3.8, 4) is 0 Å². The third kappa shape index (κ3) is 3.13. The van der Waals surface area contributed by atoms with E-state index in [-0.39, 0.29) is 5.57 Å². The van der Waals surface area contributed by atoms with E-state index < -0.39 is 5.97 Å². The number of nitrogens with zero attached hydrogens (tertiary/aromatic N) is 1. The summed E-state index contributed by atoms with van der Waals surface area (Å²) in [5.74, 6) is -0.512. The number of carbonyl (C=O) groups excluding carboxylic acids is 1. The summed E-state index contributed by atoms with van der Waals surface area (Å²) in [7, 11) is 1.28. The SMILES string of the molecule is C=CN=C(Br)C(=C)C(=O)OC. The zero-order valence-electron chi connectivity index (χ0n) is 6.13. The van der Waals surface area contributed by atoms with Crippen LogP contribution in [0.15, 0.2) is 29.9 Å². The molecule has 0 N–H and O–H groups in total. The Bertz CT molecular complexity index is 220. The van der Waals surface area contributed by atoms with Crippen molar-refractivity contribution in [3.63, 3.8) is 0 Å². The molecular formula is C7H8BrNO2. The summed E-state index contributed by atoms with van der Waals surface area (Å²) < 4.78 is 4.73. The van der Waals surface area contributed by atoms with Gasteiger partial charge in [0.05, 0.1) is 12.7 Å². The second kappa shape index (κ2) is 4.85. The summed E-state index contributed by atoms with van der Waals surface area (Å²) in [6, 6.07) is 0. The van der Waals surface area contributed by atoms with Gasteiger partial charge in [-0.3, -0.25) is 0 Å². The van der Waals surface area contributed by atoms with Gasteiger partial charge in [0.15, 0.2) is 0 Å². The molecular weight excluding hydrogens is 210 g/mol. The van der Waals surface area contributed by atoms with E-state index in [1.165, 1.54) is 13.3 Å². The molecule has 0 amide bonds. The molecule has 0 saturated carbocycles. The lowest BCUT2D eigenvalue weighted by molar-refractivity contribution is -0.135. The van der Waals surface area contributed by atoms with Gasteiger partial charge in [-0.05, 0) is 15.9 Å². The summed E-state index contributed by atoms with van der Waals surface area (Å²) >= 11 is 3.02. The van der Waals surface area contributed by atoms with E-state index in [4.69, 9.17) is 0 Å². The van der Waals surface area contributed by atoms with Crippen molar-refractivity contribution in [2.45, 2.75) is 0 Å². The normalized spacial score (nSPS) is 10.5. The Morgan fingerprint density at radius 3 is 2.64 bits per heavy atom. The van der Waals surface area contributed by atoms with E-state index in [9.17, 15) is 4.79 Å². The maximum absolute atomic E-state index is 10.8. The van der Waals surface area contributed by atoms with E-state index in [1.54, 1.807) is 0 Å². The maximum atomic E-state index is 10.8. The van der Waals surface area contributed by atoms with E-state index in [0.717, 1.165) is 0 Å². The molecule has 0 aromatic carbocycles. The van der Waals surface area contributed by atoms with E-state index in [2.05, 4.69) is 38.8 Å². The summed E-state index contributed by atoms with van der Waals surface area (Å²) in [5.41, 5.74) is 0.174. The third-order valence-electron chi connectivity index (χ3n) is 0.885. The van der Waals surface area contributed by atoms with Gasteiger partial charge in [-0.2, -0.15) is 0 Å². The first-order valence-electron chi connectivity index (χ1n) is 2.75. The van der Waals surface area contributed by atoms with Crippen LogP contribution in [0.5, 0.6) is 0 Å². The van der Waals surface area contributed by atoms with Crippen LogP contribution >= 0.6 is 15.9 Å². The highest BCUT2D eigenvalue weighted by Crippen LogP contribution is 2.04. The molecule has 0 aliphatic carbocycles. The summed E-state index contributed by atoms with van der Waals surface area (Å²) in [5, 5.41) is 0. The van der Waals surface area contributed by atoms with Gasteiger partial charge >= 0.3 is 5.97 Å². The summed E-state index contributed by atoms with van der Waals surface area (Å²) in [6.07, 6.45) is 1.30.